The molecule has 0 N–H and O–H groups in total. The molecule has 4 heteroatoms. The van der Waals surface area contributed by atoms with Gasteiger partial charge in [0.2, 0.25) is 0 Å². The molecule has 2 aliphatic carbocycles. The summed E-state index contributed by atoms with van der Waals surface area (Å²) in [4.78, 5) is 10.1. The van der Waals surface area contributed by atoms with Crippen LogP contribution in [0.1, 0.15) is 54.4 Å². The highest BCUT2D eigenvalue weighted by atomic mass is 15.4. The predicted molar refractivity (Wildman–Crippen MR) is 171 cm³/mol. The second kappa shape index (κ2) is 9.29. The van der Waals surface area contributed by atoms with Crippen molar-refractivity contribution in [2.45, 2.75) is 49.6 Å². The molecule has 2 atom stereocenters. The number of benzene rings is 4. The van der Waals surface area contributed by atoms with Gasteiger partial charge in [-0.15, -0.1) is 0 Å². The smallest absolute Gasteiger partial charge is 0.0945 e. The average Bonchev–Trinajstić information content (AvgIpc) is 3.75. The van der Waals surface area contributed by atoms with E-state index in [1.165, 1.54) is 76.9 Å². The van der Waals surface area contributed by atoms with Crippen LogP contribution >= 0.6 is 0 Å². The lowest BCUT2D eigenvalue weighted by Crippen LogP contribution is -2.49. The van der Waals surface area contributed by atoms with E-state index in [4.69, 9.17) is 0 Å². The lowest BCUT2D eigenvalue weighted by molar-refractivity contribution is 0.148. The van der Waals surface area contributed by atoms with Gasteiger partial charge in [-0.2, -0.15) is 0 Å². The van der Waals surface area contributed by atoms with Gasteiger partial charge in [-0.25, -0.2) is 0 Å². The summed E-state index contributed by atoms with van der Waals surface area (Å²) in [7, 11) is 0. The fourth-order valence-electron chi connectivity index (χ4n) is 8.54. The van der Waals surface area contributed by atoms with E-state index in [9.17, 15) is 0 Å². The van der Waals surface area contributed by atoms with E-state index >= 15 is 0 Å². The topological polar surface area (TPSA) is 13.0 Å². The van der Waals surface area contributed by atoms with Gasteiger partial charge in [0.05, 0.1) is 30.8 Å². The Kier molecular flexibility index (Phi) is 5.35. The van der Waals surface area contributed by atoms with E-state index in [2.05, 4.69) is 141 Å². The third kappa shape index (κ3) is 3.41. The summed E-state index contributed by atoms with van der Waals surface area (Å²) in [5, 5.41) is 0. The highest BCUT2D eigenvalue weighted by molar-refractivity contribution is 5.86. The van der Waals surface area contributed by atoms with Gasteiger partial charge in [0.1, 0.15) is 0 Å². The molecule has 3 heterocycles. The van der Waals surface area contributed by atoms with Gasteiger partial charge in [-0.05, 0) is 70.5 Å². The first-order chi connectivity index (χ1) is 20.8. The maximum Gasteiger partial charge on any atom is 0.0945 e. The molecule has 0 radical (unpaired) electrons. The first kappa shape index (κ1) is 24.2. The molecular formula is C38H36N4. The zero-order valence-electron chi connectivity index (χ0n) is 23.9. The summed E-state index contributed by atoms with van der Waals surface area (Å²) >= 11 is 0. The normalized spacial score (nSPS) is 22.9. The molecule has 1 saturated carbocycles. The molecule has 0 aromatic heterocycles. The van der Waals surface area contributed by atoms with Crippen molar-refractivity contribution >= 4 is 11.4 Å². The van der Waals surface area contributed by atoms with E-state index in [1.54, 1.807) is 0 Å². The fraction of sp³-hybridized carbons (Fsp3) is 0.263. The lowest BCUT2D eigenvalue weighted by atomic mass is 9.67. The minimum Gasteiger partial charge on any atom is -0.353 e. The number of fused-ring (bicyclic) bond motifs is 20. The van der Waals surface area contributed by atoms with Crippen LogP contribution in [-0.4, -0.2) is 35.2 Å². The molecule has 4 nitrogen and oxygen atoms in total. The van der Waals surface area contributed by atoms with Crippen molar-refractivity contribution < 1.29 is 0 Å². The molecule has 2 unspecified atom stereocenters. The first-order valence-corrected chi connectivity index (χ1v) is 15.6. The van der Waals surface area contributed by atoms with Crippen molar-refractivity contribution in [1.82, 2.24) is 9.80 Å². The molecule has 4 aromatic carbocycles. The molecule has 0 saturated heterocycles. The standard InChI is InChI=1S/C38H36N4/c1-2-18-36-37(19-3-1)42-23-21-40(27-42)31-13-9-11-29(25-31)38(28-10-8-12-30(24-28)39-20-22-41(36)26-39)34-16-6-4-14-32(34)33-15-5-7-17-35(33)38/h4-17,20-25,36-37H,1-3,18-19,26-27H2. The maximum absolute atomic E-state index is 2.62. The summed E-state index contributed by atoms with van der Waals surface area (Å²) < 4.78 is 0. The largest absolute Gasteiger partial charge is 0.353 e. The molecule has 208 valence electrons. The van der Waals surface area contributed by atoms with Gasteiger partial charge in [0.25, 0.3) is 0 Å². The molecule has 5 aliphatic rings. The lowest BCUT2D eigenvalue weighted by Gasteiger charge is -2.39. The van der Waals surface area contributed by atoms with E-state index in [1.807, 2.05) is 0 Å². The monoisotopic (exact) mass is 548 g/mol. The van der Waals surface area contributed by atoms with Gasteiger partial charge in [-0.1, -0.05) is 92.1 Å². The van der Waals surface area contributed by atoms with Crippen molar-refractivity contribution in [2.75, 3.05) is 23.1 Å². The molecular weight excluding hydrogens is 512 g/mol. The summed E-state index contributed by atoms with van der Waals surface area (Å²) in [6.45, 7) is 1.81. The second-order valence-corrected chi connectivity index (χ2v) is 12.6. The SMILES string of the molecule is C1=CN2CN1c1cccc(c1)C1(c3cccc(c3)N3C=CN(C3)C3CCCCCC32)c2ccccc2-c2ccccc21. The van der Waals surface area contributed by atoms with Crippen LogP contribution < -0.4 is 9.80 Å². The molecule has 0 amide bonds. The molecule has 3 aliphatic heterocycles. The highest BCUT2D eigenvalue weighted by Crippen LogP contribution is 2.56. The van der Waals surface area contributed by atoms with Crippen LogP contribution in [0.25, 0.3) is 11.1 Å². The van der Waals surface area contributed by atoms with E-state index in [-0.39, 0.29) is 0 Å². The Hall–Kier alpha value is -4.44. The summed E-state index contributed by atoms with van der Waals surface area (Å²) in [6, 6.07) is 37.9. The molecule has 1 spiro atoms. The highest BCUT2D eigenvalue weighted by Gasteiger charge is 2.46. The molecule has 1 fully saturated rings. The van der Waals surface area contributed by atoms with Crippen molar-refractivity contribution in [3.05, 3.63) is 144 Å². The van der Waals surface area contributed by atoms with Crippen LogP contribution in [0, 0.1) is 0 Å². The van der Waals surface area contributed by atoms with Gasteiger partial charge >= 0.3 is 0 Å². The van der Waals surface area contributed by atoms with Crippen molar-refractivity contribution in [3.8, 4) is 11.1 Å². The Morgan fingerprint density at radius 2 is 1.00 bits per heavy atom. The number of hydrogen-bond acceptors (Lipinski definition) is 4. The molecule has 42 heavy (non-hydrogen) atoms. The zero-order chi connectivity index (χ0) is 27.7. The Labute approximate surface area is 248 Å². The van der Waals surface area contributed by atoms with Crippen molar-refractivity contribution in [1.29, 1.82) is 0 Å². The van der Waals surface area contributed by atoms with E-state index in [0.717, 1.165) is 13.3 Å². The summed E-state index contributed by atoms with van der Waals surface area (Å²) in [5.41, 5.74) is 10.2. The zero-order valence-corrected chi connectivity index (χ0v) is 23.9. The number of rotatable bonds is 0. The second-order valence-electron chi connectivity index (χ2n) is 12.6. The van der Waals surface area contributed by atoms with Crippen LogP contribution in [0.2, 0.25) is 0 Å². The van der Waals surface area contributed by atoms with Gasteiger partial charge in [-0.3, -0.25) is 0 Å². The average molecular weight is 549 g/mol. The number of nitrogens with zero attached hydrogens (tertiary/aromatic N) is 4. The third-order valence-corrected chi connectivity index (χ3v) is 10.5. The van der Waals surface area contributed by atoms with Crippen LogP contribution in [0.3, 0.4) is 0 Å². The Balaban J connectivity index is 1.30. The Morgan fingerprint density at radius 3 is 1.52 bits per heavy atom. The van der Waals surface area contributed by atoms with Crippen LogP contribution in [0.15, 0.2) is 122 Å². The fourth-order valence-corrected chi connectivity index (χ4v) is 8.54. The summed E-state index contributed by atoms with van der Waals surface area (Å²) in [5.74, 6) is 0. The first-order valence-electron chi connectivity index (χ1n) is 15.6. The molecule has 9 rings (SSSR count). The maximum atomic E-state index is 2.62. The third-order valence-electron chi connectivity index (χ3n) is 10.5. The summed E-state index contributed by atoms with van der Waals surface area (Å²) in [6.07, 6.45) is 15.8. The van der Waals surface area contributed by atoms with Crippen molar-refractivity contribution in [2.24, 2.45) is 0 Å². The number of anilines is 2. The van der Waals surface area contributed by atoms with Crippen molar-refractivity contribution in [3.63, 3.8) is 0 Å². The van der Waals surface area contributed by atoms with Crippen LogP contribution in [-0.2, 0) is 5.41 Å². The van der Waals surface area contributed by atoms with E-state index in [0.29, 0.717) is 12.1 Å². The van der Waals surface area contributed by atoms with Gasteiger partial charge < -0.3 is 19.6 Å². The Morgan fingerprint density at radius 1 is 0.500 bits per heavy atom. The van der Waals surface area contributed by atoms with Gasteiger partial charge in [0.15, 0.2) is 0 Å². The van der Waals surface area contributed by atoms with E-state index < -0.39 is 5.41 Å². The number of hydrogen-bond donors (Lipinski definition) is 0. The Bertz CT molecular complexity index is 1610. The van der Waals surface area contributed by atoms with Crippen LogP contribution in [0.4, 0.5) is 11.4 Å². The minimum absolute atomic E-state index is 0.405. The minimum atomic E-state index is -0.405. The molecule has 4 aromatic rings. The van der Waals surface area contributed by atoms with Gasteiger partial charge in [0, 0.05) is 36.2 Å². The predicted octanol–water partition coefficient (Wildman–Crippen LogP) is 7.87. The quantitative estimate of drug-likeness (QED) is 0.195. The van der Waals surface area contributed by atoms with Crippen LogP contribution in [0.5, 0.6) is 0 Å². The molecule has 8 bridgehead atoms.